The van der Waals surface area contributed by atoms with E-state index in [1.54, 1.807) is 12.1 Å². The van der Waals surface area contributed by atoms with Crippen molar-refractivity contribution >= 4 is 11.7 Å². The topological polar surface area (TPSA) is 62.0 Å². The van der Waals surface area contributed by atoms with Crippen molar-refractivity contribution in [1.29, 1.82) is 0 Å². The normalized spacial score (nSPS) is 11.9. The number of nitrogens with one attached hydrogen (secondary N) is 2. The molecule has 1 amide bonds. The van der Waals surface area contributed by atoms with Gasteiger partial charge in [-0.3, -0.25) is 9.59 Å². The van der Waals surface area contributed by atoms with Gasteiger partial charge in [0.05, 0.1) is 11.7 Å². The van der Waals surface area contributed by atoms with E-state index in [1.807, 2.05) is 37.3 Å². The van der Waals surface area contributed by atoms with Crippen molar-refractivity contribution in [3.05, 3.63) is 59.4 Å². The highest BCUT2D eigenvalue weighted by Gasteiger charge is 2.13. The van der Waals surface area contributed by atoms with E-state index in [0.717, 1.165) is 5.56 Å². The van der Waals surface area contributed by atoms with Crippen LogP contribution in [-0.2, 0) is 0 Å². The molecule has 0 saturated heterocycles. The third-order valence-corrected chi connectivity index (χ3v) is 2.96. The quantitative estimate of drug-likeness (QED) is 0.826. The lowest BCUT2D eigenvalue weighted by Crippen LogP contribution is -2.26. The molecular weight excluding hydrogens is 240 g/mol. The van der Waals surface area contributed by atoms with Gasteiger partial charge in [0.2, 0.25) is 0 Å². The summed E-state index contributed by atoms with van der Waals surface area (Å²) in [4.78, 5) is 26.0. The molecule has 1 atom stereocenters. The number of benzene rings is 1. The number of H-pyrrole nitrogens is 1. The summed E-state index contributed by atoms with van der Waals surface area (Å²) < 4.78 is 0. The highest BCUT2D eigenvalue weighted by Crippen LogP contribution is 2.12. The maximum absolute atomic E-state index is 12.0. The minimum Gasteiger partial charge on any atom is -0.348 e. The summed E-state index contributed by atoms with van der Waals surface area (Å²) in [5.41, 5.74) is 1.87. The molecular formula is C15H16N2O2. The summed E-state index contributed by atoms with van der Waals surface area (Å²) in [5, 5.41) is 2.88. The van der Waals surface area contributed by atoms with Gasteiger partial charge in [-0.05, 0) is 24.6 Å². The van der Waals surface area contributed by atoms with Gasteiger partial charge < -0.3 is 10.3 Å². The average Bonchev–Trinajstić information content (AvgIpc) is 2.89. The molecule has 0 aliphatic heterocycles. The van der Waals surface area contributed by atoms with Crippen molar-refractivity contribution < 1.29 is 9.59 Å². The Morgan fingerprint density at radius 1 is 1.05 bits per heavy atom. The Bertz CT molecular complexity index is 587. The first-order valence-electron chi connectivity index (χ1n) is 6.13. The summed E-state index contributed by atoms with van der Waals surface area (Å²) in [5.74, 6) is -0.306. The number of Topliss-reactive ketones (excluding diaryl/α,β-unsaturated/α-hetero) is 1. The molecule has 1 aromatic carbocycles. The van der Waals surface area contributed by atoms with Gasteiger partial charge in [-0.1, -0.05) is 30.3 Å². The van der Waals surface area contributed by atoms with Crippen LogP contribution in [0.2, 0.25) is 0 Å². The van der Waals surface area contributed by atoms with Crippen molar-refractivity contribution in [2.75, 3.05) is 0 Å². The Balaban J connectivity index is 2.06. The van der Waals surface area contributed by atoms with Gasteiger partial charge in [0, 0.05) is 6.92 Å². The number of amides is 1. The molecule has 1 unspecified atom stereocenters. The monoisotopic (exact) mass is 256 g/mol. The number of rotatable bonds is 4. The molecule has 98 valence electrons. The lowest BCUT2D eigenvalue weighted by Gasteiger charge is -2.13. The predicted molar refractivity (Wildman–Crippen MR) is 73.1 cm³/mol. The Kier molecular flexibility index (Phi) is 3.80. The fourth-order valence-electron chi connectivity index (χ4n) is 1.83. The smallest absolute Gasteiger partial charge is 0.268 e. The standard InChI is InChI=1S/C15H16N2O2/c1-10(12-6-4-3-5-7-12)16-15(19)14-9-8-13(17-14)11(2)18/h3-10,17H,1-2H3,(H,16,19). The number of hydrogen-bond acceptors (Lipinski definition) is 2. The number of hydrogen-bond donors (Lipinski definition) is 2. The summed E-state index contributed by atoms with van der Waals surface area (Å²) in [7, 11) is 0. The minimum atomic E-state index is -0.219. The van der Waals surface area contributed by atoms with Gasteiger partial charge in [0.15, 0.2) is 5.78 Å². The SMILES string of the molecule is CC(=O)c1ccc(C(=O)NC(C)c2ccccc2)[nH]1. The summed E-state index contributed by atoms with van der Waals surface area (Å²) in [6.45, 7) is 3.38. The maximum Gasteiger partial charge on any atom is 0.268 e. The first-order valence-corrected chi connectivity index (χ1v) is 6.13. The van der Waals surface area contributed by atoms with Crippen molar-refractivity contribution in [3.63, 3.8) is 0 Å². The number of carbonyl (C=O) groups is 2. The fourth-order valence-corrected chi connectivity index (χ4v) is 1.83. The first kappa shape index (κ1) is 13.1. The molecule has 0 aliphatic carbocycles. The summed E-state index contributed by atoms with van der Waals surface area (Å²) in [6.07, 6.45) is 0. The molecule has 1 aromatic heterocycles. The first-order chi connectivity index (χ1) is 9.08. The number of ketones is 1. The van der Waals surface area contributed by atoms with Crippen LogP contribution in [0.4, 0.5) is 0 Å². The number of aromatic amines is 1. The van der Waals surface area contributed by atoms with Crippen LogP contribution in [0.1, 0.15) is 46.4 Å². The van der Waals surface area contributed by atoms with Gasteiger partial charge in [-0.25, -0.2) is 0 Å². The highest BCUT2D eigenvalue weighted by molar-refractivity contribution is 5.97. The van der Waals surface area contributed by atoms with Gasteiger partial charge in [-0.2, -0.15) is 0 Å². The van der Waals surface area contributed by atoms with E-state index < -0.39 is 0 Å². The van der Waals surface area contributed by atoms with Crippen molar-refractivity contribution in [2.24, 2.45) is 0 Å². The second kappa shape index (κ2) is 5.52. The molecule has 0 spiro atoms. The minimum absolute atomic E-state index is 0.0854. The maximum atomic E-state index is 12.0. The van der Waals surface area contributed by atoms with Crippen LogP contribution in [0.25, 0.3) is 0 Å². The molecule has 1 heterocycles. The van der Waals surface area contributed by atoms with E-state index in [-0.39, 0.29) is 17.7 Å². The fraction of sp³-hybridized carbons (Fsp3) is 0.200. The molecule has 0 bridgehead atoms. The lowest BCUT2D eigenvalue weighted by atomic mass is 10.1. The zero-order chi connectivity index (χ0) is 13.8. The Labute approximate surface area is 111 Å². The van der Waals surface area contributed by atoms with Crippen LogP contribution in [0, 0.1) is 0 Å². The van der Waals surface area contributed by atoms with Crippen LogP contribution in [0.5, 0.6) is 0 Å². The van der Waals surface area contributed by atoms with E-state index in [4.69, 9.17) is 0 Å². The summed E-state index contributed by atoms with van der Waals surface area (Å²) in [6, 6.07) is 12.9. The van der Waals surface area contributed by atoms with Crippen LogP contribution in [0.3, 0.4) is 0 Å². The molecule has 0 radical (unpaired) electrons. The van der Waals surface area contributed by atoms with E-state index in [0.29, 0.717) is 11.4 Å². The van der Waals surface area contributed by atoms with Crippen LogP contribution >= 0.6 is 0 Å². The van der Waals surface area contributed by atoms with Crippen molar-refractivity contribution in [2.45, 2.75) is 19.9 Å². The largest absolute Gasteiger partial charge is 0.348 e. The molecule has 2 aromatic rings. The second-order valence-corrected chi connectivity index (χ2v) is 4.45. The molecule has 4 heteroatoms. The van der Waals surface area contributed by atoms with Crippen LogP contribution in [0.15, 0.2) is 42.5 Å². The third-order valence-electron chi connectivity index (χ3n) is 2.96. The molecule has 4 nitrogen and oxygen atoms in total. The zero-order valence-electron chi connectivity index (χ0n) is 10.9. The zero-order valence-corrected chi connectivity index (χ0v) is 10.9. The van der Waals surface area contributed by atoms with Gasteiger partial charge in [0.1, 0.15) is 5.69 Å². The predicted octanol–water partition coefficient (Wildman–Crippen LogP) is 2.71. The number of carbonyl (C=O) groups excluding carboxylic acids is 2. The molecule has 2 rings (SSSR count). The van der Waals surface area contributed by atoms with E-state index >= 15 is 0 Å². The molecule has 0 aliphatic rings. The molecule has 0 fully saturated rings. The second-order valence-electron chi connectivity index (χ2n) is 4.45. The Morgan fingerprint density at radius 3 is 2.26 bits per heavy atom. The average molecular weight is 256 g/mol. The van der Waals surface area contributed by atoms with E-state index in [2.05, 4.69) is 10.3 Å². The van der Waals surface area contributed by atoms with Crippen LogP contribution < -0.4 is 5.32 Å². The number of aromatic nitrogens is 1. The van der Waals surface area contributed by atoms with Crippen molar-refractivity contribution in [1.82, 2.24) is 10.3 Å². The van der Waals surface area contributed by atoms with Crippen molar-refractivity contribution in [3.8, 4) is 0 Å². The van der Waals surface area contributed by atoms with E-state index in [1.165, 1.54) is 6.92 Å². The Hall–Kier alpha value is -2.36. The van der Waals surface area contributed by atoms with Gasteiger partial charge >= 0.3 is 0 Å². The van der Waals surface area contributed by atoms with E-state index in [9.17, 15) is 9.59 Å². The Morgan fingerprint density at radius 2 is 1.68 bits per heavy atom. The third kappa shape index (κ3) is 3.10. The molecule has 19 heavy (non-hydrogen) atoms. The highest BCUT2D eigenvalue weighted by atomic mass is 16.2. The van der Waals surface area contributed by atoms with Gasteiger partial charge in [0.25, 0.3) is 5.91 Å². The van der Waals surface area contributed by atoms with Gasteiger partial charge in [-0.15, -0.1) is 0 Å². The lowest BCUT2D eigenvalue weighted by molar-refractivity contribution is 0.0935. The summed E-state index contributed by atoms with van der Waals surface area (Å²) >= 11 is 0. The molecule has 0 saturated carbocycles. The molecule has 2 N–H and O–H groups in total. The van der Waals surface area contributed by atoms with Crippen LogP contribution in [-0.4, -0.2) is 16.7 Å².